The lowest BCUT2D eigenvalue weighted by Crippen LogP contribution is -2.25. The van der Waals surface area contributed by atoms with Crippen LogP contribution in [0.3, 0.4) is 0 Å². The van der Waals surface area contributed by atoms with Gasteiger partial charge in [0, 0.05) is 32.5 Å². The van der Waals surface area contributed by atoms with Crippen LogP contribution in [0.25, 0.3) is 11.4 Å². The first-order valence-electron chi connectivity index (χ1n) is 9.87. The first-order valence-corrected chi connectivity index (χ1v) is 11.1. The summed E-state index contributed by atoms with van der Waals surface area (Å²) in [5.74, 6) is 2.90. The molecule has 3 heterocycles. The molecule has 32 heavy (non-hydrogen) atoms. The molecule has 1 aliphatic heterocycles. The molecule has 0 radical (unpaired) electrons. The minimum absolute atomic E-state index is 0.291. The molecular weight excluding hydrogens is 424 g/mol. The van der Waals surface area contributed by atoms with Crippen molar-refractivity contribution >= 4 is 40.4 Å². The van der Waals surface area contributed by atoms with Gasteiger partial charge in [-0.2, -0.15) is 10.2 Å². The Hall–Kier alpha value is -3.46. The number of aryl methyl sites for hydroxylation is 2. The summed E-state index contributed by atoms with van der Waals surface area (Å²) in [6.45, 7) is 5.44. The SMILES string of the molecule is C=C=NC(O)C1=Nn2c(nc(-c3cc(C)n(C)n3)c2SC)/C1=N\c1ccc(N(C)C)cc1. The lowest BCUT2D eigenvalue weighted by Gasteiger charge is -2.12. The summed E-state index contributed by atoms with van der Waals surface area (Å²) in [7, 11) is 5.85. The zero-order valence-corrected chi connectivity index (χ0v) is 19.4. The molecule has 9 nitrogen and oxygen atoms in total. The molecule has 2 aromatic heterocycles. The highest BCUT2D eigenvalue weighted by molar-refractivity contribution is 7.98. The third-order valence-corrected chi connectivity index (χ3v) is 5.84. The molecule has 1 aliphatic rings. The summed E-state index contributed by atoms with van der Waals surface area (Å²) in [5.41, 5.74) is 5.01. The summed E-state index contributed by atoms with van der Waals surface area (Å²) >= 11 is 1.50. The Morgan fingerprint density at radius 2 is 1.97 bits per heavy atom. The Labute approximate surface area is 190 Å². The normalized spacial score (nSPS) is 14.8. The smallest absolute Gasteiger partial charge is 0.201 e. The highest BCUT2D eigenvalue weighted by Gasteiger charge is 2.34. The molecular formula is C22H24N8OS. The highest BCUT2D eigenvalue weighted by atomic mass is 32.2. The van der Waals surface area contributed by atoms with Crippen LogP contribution in [0.1, 0.15) is 11.5 Å². The van der Waals surface area contributed by atoms with Crippen LogP contribution in [0.4, 0.5) is 11.4 Å². The molecule has 0 amide bonds. The number of aliphatic imine (C=N–C) groups is 2. The number of aliphatic hydroxyl groups is 1. The van der Waals surface area contributed by atoms with Gasteiger partial charge < -0.3 is 10.0 Å². The second-order valence-electron chi connectivity index (χ2n) is 7.42. The lowest BCUT2D eigenvalue weighted by atomic mass is 10.2. The molecule has 1 unspecified atom stereocenters. The van der Waals surface area contributed by atoms with Crippen LogP contribution in [0.2, 0.25) is 0 Å². The molecule has 164 valence electrons. The monoisotopic (exact) mass is 448 g/mol. The van der Waals surface area contributed by atoms with Gasteiger partial charge in [0.15, 0.2) is 5.82 Å². The van der Waals surface area contributed by atoms with Gasteiger partial charge in [0.2, 0.25) is 6.23 Å². The lowest BCUT2D eigenvalue weighted by molar-refractivity contribution is 0.255. The van der Waals surface area contributed by atoms with Crippen molar-refractivity contribution in [3.05, 3.63) is 48.4 Å². The van der Waals surface area contributed by atoms with Gasteiger partial charge in [0.1, 0.15) is 27.8 Å². The minimum Gasteiger partial charge on any atom is -0.378 e. The number of aliphatic hydroxyl groups excluding tert-OH is 1. The van der Waals surface area contributed by atoms with E-state index in [1.807, 2.05) is 74.2 Å². The molecule has 0 saturated carbocycles. The van der Waals surface area contributed by atoms with E-state index in [9.17, 15) is 5.11 Å². The third-order valence-electron chi connectivity index (χ3n) is 5.09. The number of rotatable bonds is 6. The first-order chi connectivity index (χ1) is 15.3. The summed E-state index contributed by atoms with van der Waals surface area (Å²) in [4.78, 5) is 15.5. The Morgan fingerprint density at radius 1 is 1.25 bits per heavy atom. The molecule has 1 N–H and O–H groups in total. The zero-order valence-electron chi connectivity index (χ0n) is 18.6. The Balaban J connectivity index is 1.87. The van der Waals surface area contributed by atoms with Crippen LogP contribution < -0.4 is 4.90 Å². The van der Waals surface area contributed by atoms with Crippen LogP contribution in [0.5, 0.6) is 0 Å². The van der Waals surface area contributed by atoms with Crippen molar-refractivity contribution in [3.8, 4) is 11.4 Å². The first kappa shape index (κ1) is 21.8. The molecule has 1 atom stereocenters. The van der Waals surface area contributed by atoms with E-state index < -0.39 is 6.23 Å². The fourth-order valence-electron chi connectivity index (χ4n) is 3.32. The van der Waals surface area contributed by atoms with Gasteiger partial charge in [-0.15, -0.1) is 11.8 Å². The average molecular weight is 449 g/mol. The van der Waals surface area contributed by atoms with Gasteiger partial charge in [-0.05, 0) is 56.0 Å². The molecule has 0 bridgehead atoms. The molecule has 10 heteroatoms. The fraction of sp³-hybridized carbons (Fsp3) is 0.273. The van der Waals surface area contributed by atoms with E-state index in [-0.39, 0.29) is 0 Å². The summed E-state index contributed by atoms with van der Waals surface area (Å²) in [5, 5.41) is 20.5. The zero-order chi connectivity index (χ0) is 23.0. The van der Waals surface area contributed by atoms with Crippen molar-refractivity contribution in [1.29, 1.82) is 0 Å². The second-order valence-corrected chi connectivity index (χ2v) is 8.21. The van der Waals surface area contributed by atoms with E-state index in [0.717, 1.165) is 27.8 Å². The number of aromatic nitrogens is 4. The van der Waals surface area contributed by atoms with Crippen LogP contribution in [-0.2, 0) is 7.05 Å². The molecule has 0 fully saturated rings. The van der Waals surface area contributed by atoms with E-state index in [1.54, 1.807) is 4.68 Å². The second kappa shape index (κ2) is 8.58. The van der Waals surface area contributed by atoms with Crippen molar-refractivity contribution in [1.82, 2.24) is 19.4 Å². The number of benzene rings is 1. The average Bonchev–Trinajstić information content (AvgIpc) is 3.40. The molecule has 0 spiro atoms. The number of thioether (sulfide) groups is 1. The quantitative estimate of drug-likeness (QED) is 0.462. The van der Waals surface area contributed by atoms with E-state index in [1.165, 1.54) is 11.8 Å². The van der Waals surface area contributed by atoms with Crippen LogP contribution >= 0.6 is 11.8 Å². The summed E-state index contributed by atoms with van der Waals surface area (Å²) in [6, 6.07) is 9.76. The topological polar surface area (TPSA) is 96.2 Å². The molecule has 0 aliphatic carbocycles. The summed E-state index contributed by atoms with van der Waals surface area (Å²) in [6.07, 6.45) is 0.705. The van der Waals surface area contributed by atoms with Crippen LogP contribution in [0, 0.1) is 6.92 Å². The van der Waals surface area contributed by atoms with E-state index >= 15 is 0 Å². The highest BCUT2D eigenvalue weighted by Crippen LogP contribution is 2.34. The Morgan fingerprint density at radius 3 is 2.53 bits per heavy atom. The van der Waals surface area contributed by atoms with Crippen LogP contribution in [-0.4, -0.2) is 68.4 Å². The van der Waals surface area contributed by atoms with Gasteiger partial charge in [0.05, 0.1) is 5.69 Å². The Kier molecular flexibility index (Phi) is 5.84. The predicted octanol–water partition coefficient (Wildman–Crippen LogP) is 2.89. The number of hydrogen-bond donors (Lipinski definition) is 1. The van der Waals surface area contributed by atoms with E-state index in [2.05, 4.69) is 27.6 Å². The predicted molar refractivity (Wildman–Crippen MR) is 130 cm³/mol. The number of imidazole rings is 1. The maximum atomic E-state index is 10.5. The fourth-order valence-corrected chi connectivity index (χ4v) is 3.97. The standard InChI is InChI=1S/C22H24N8OS/c1-7-23-21(31)19-18(24-14-8-10-15(11-9-14)28(3)4)20-25-17(22(32-6)30(20)27-19)16-12-13(2)29(5)26-16/h8-12,21,31H,1H2,2-6H3/b24-18-. The largest absolute Gasteiger partial charge is 0.378 e. The van der Waals surface area contributed by atoms with Gasteiger partial charge >= 0.3 is 0 Å². The number of hydrogen-bond acceptors (Lipinski definition) is 8. The van der Waals surface area contributed by atoms with Gasteiger partial charge in [-0.25, -0.2) is 19.6 Å². The van der Waals surface area contributed by atoms with Crippen molar-refractivity contribution < 1.29 is 5.11 Å². The number of fused-ring (bicyclic) bond motifs is 1. The van der Waals surface area contributed by atoms with Crippen molar-refractivity contribution in [3.63, 3.8) is 0 Å². The van der Waals surface area contributed by atoms with Crippen molar-refractivity contribution in [2.45, 2.75) is 18.2 Å². The van der Waals surface area contributed by atoms with Gasteiger partial charge in [-0.3, -0.25) is 4.68 Å². The number of anilines is 1. The molecule has 3 aromatic rings. The van der Waals surface area contributed by atoms with Gasteiger partial charge in [0.25, 0.3) is 0 Å². The molecule has 1 aromatic carbocycles. The van der Waals surface area contributed by atoms with Gasteiger partial charge in [-0.1, -0.05) is 0 Å². The molecule has 0 saturated heterocycles. The maximum absolute atomic E-state index is 10.5. The summed E-state index contributed by atoms with van der Waals surface area (Å²) < 4.78 is 3.50. The van der Waals surface area contributed by atoms with Crippen LogP contribution in [0.15, 0.2) is 57.0 Å². The van der Waals surface area contributed by atoms with Crippen molar-refractivity contribution in [2.75, 3.05) is 25.3 Å². The number of nitrogens with zero attached hydrogens (tertiary/aromatic N) is 8. The third kappa shape index (κ3) is 3.80. The van der Waals surface area contributed by atoms with E-state index in [4.69, 9.17) is 9.98 Å². The van der Waals surface area contributed by atoms with Crippen molar-refractivity contribution in [2.24, 2.45) is 22.1 Å². The van der Waals surface area contributed by atoms with E-state index in [0.29, 0.717) is 22.9 Å². The minimum atomic E-state index is -1.25. The Bertz CT molecular complexity index is 1260. The maximum Gasteiger partial charge on any atom is 0.201 e. The molecule has 4 rings (SSSR count).